The largest absolute Gasteiger partial charge is 0.378 e. The lowest BCUT2D eigenvalue weighted by Gasteiger charge is -2.39. The third-order valence-electron chi connectivity index (χ3n) is 2.75. The molecule has 3 heteroatoms. The van der Waals surface area contributed by atoms with Crippen LogP contribution in [0.15, 0.2) is 28.7 Å². The molecule has 1 aliphatic rings. The van der Waals surface area contributed by atoms with Gasteiger partial charge in [0.2, 0.25) is 0 Å². The SMILES string of the molecule is CC(=O)C1(c2cccc(Br)c2)COC1. The highest BCUT2D eigenvalue weighted by Gasteiger charge is 2.44. The van der Waals surface area contributed by atoms with E-state index in [9.17, 15) is 4.79 Å². The Morgan fingerprint density at radius 3 is 2.64 bits per heavy atom. The number of hydrogen-bond acceptors (Lipinski definition) is 2. The van der Waals surface area contributed by atoms with Crippen LogP contribution in [0.2, 0.25) is 0 Å². The number of Topliss-reactive ketones (excluding diaryl/α,β-unsaturated/α-hetero) is 1. The van der Waals surface area contributed by atoms with Crippen LogP contribution in [-0.4, -0.2) is 19.0 Å². The van der Waals surface area contributed by atoms with Gasteiger partial charge in [0.05, 0.1) is 13.2 Å². The summed E-state index contributed by atoms with van der Waals surface area (Å²) in [6, 6.07) is 7.87. The van der Waals surface area contributed by atoms with Gasteiger partial charge in [-0.05, 0) is 24.6 Å². The summed E-state index contributed by atoms with van der Waals surface area (Å²) in [7, 11) is 0. The van der Waals surface area contributed by atoms with Crippen molar-refractivity contribution in [2.45, 2.75) is 12.3 Å². The molecule has 0 N–H and O–H groups in total. The minimum Gasteiger partial charge on any atom is -0.378 e. The van der Waals surface area contributed by atoms with Gasteiger partial charge >= 0.3 is 0 Å². The Labute approximate surface area is 91.4 Å². The molecule has 2 rings (SSSR count). The van der Waals surface area contributed by atoms with Gasteiger partial charge in [-0.1, -0.05) is 28.1 Å². The summed E-state index contributed by atoms with van der Waals surface area (Å²) in [5.41, 5.74) is 0.662. The third-order valence-corrected chi connectivity index (χ3v) is 3.24. The zero-order valence-corrected chi connectivity index (χ0v) is 9.50. The lowest BCUT2D eigenvalue weighted by molar-refractivity contribution is -0.140. The summed E-state index contributed by atoms with van der Waals surface area (Å²) in [5, 5.41) is 0. The number of carbonyl (C=O) groups is 1. The Morgan fingerprint density at radius 1 is 1.50 bits per heavy atom. The Bertz CT molecular complexity index is 369. The number of benzene rings is 1. The maximum absolute atomic E-state index is 11.6. The minimum atomic E-state index is -0.385. The fraction of sp³-hybridized carbons (Fsp3) is 0.364. The van der Waals surface area contributed by atoms with Gasteiger partial charge in [-0.3, -0.25) is 4.79 Å². The van der Waals surface area contributed by atoms with Crippen molar-refractivity contribution in [2.75, 3.05) is 13.2 Å². The molecule has 0 bridgehead atoms. The fourth-order valence-electron chi connectivity index (χ4n) is 1.67. The smallest absolute Gasteiger partial charge is 0.145 e. The first-order valence-electron chi connectivity index (χ1n) is 4.50. The van der Waals surface area contributed by atoms with Crippen LogP contribution in [0.5, 0.6) is 0 Å². The normalized spacial score (nSPS) is 18.7. The Hall–Kier alpha value is -0.670. The molecular formula is C11H11BrO2. The number of ketones is 1. The van der Waals surface area contributed by atoms with Crippen molar-refractivity contribution in [3.63, 3.8) is 0 Å². The van der Waals surface area contributed by atoms with E-state index in [1.807, 2.05) is 24.3 Å². The quantitative estimate of drug-likeness (QED) is 0.810. The van der Waals surface area contributed by atoms with Crippen LogP contribution < -0.4 is 0 Å². The predicted octanol–water partition coefficient (Wildman–Crippen LogP) is 2.31. The van der Waals surface area contributed by atoms with E-state index in [-0.39, 0.29) is 11.2 Å². The molecule has 1 aromatic carbocycles. The fourth-order valence-corrected chi connectivity index (χ4v) is 2.06. The number of rotatable bonds is 2. The van der Waals surface area contributed by atoms with Gasteiger partial charge in [-0.25, -0.2) is 0 Å². The maximum Gasteiger partial charge on any atom is 0.145 e. The van der Waals surface area contributed by atoms with Crippen molar-refractivity contribution in [3.8, 4) is 0 Å². The second-order valence-corrected chi connectivity index (χ2v) is 4.56. The summed E-state index contributed by atoms with van der Waals surface area (Å²) in [5.74, 6) is 0.182. The van der Waals surface area contributed by atoms with Crippen molar-refractivity contribution in [3.05, 3.63) is 34.3 Å². The molecule has 0 unspecified atom stereocenters. The van der Waals surface area contributed by atoms with Crippen LogP contribution in [0.3, 0.4) is 0 Å². The van der Waals surface area contributed by atoms with Crippen LogP contribution in [0.1, 0.15) is 12.5 Å². The molecule has 1 saturated heterocycles. The molecule has 0 atom stereocenters. The highest BCUT2D eigenvalue weighted by atomic mass is 79.9. The second kappa shape index (κ2) is 3.48. The molecular weight excluding hydrogens is 244 g/mol. The standard InChI is InChI=1S/C11H11BrO2/c1-8(13)11(6-14-7-11)9-3-2-4-10(12)5-9/h2-5H,6-7H2,1H3. The first kappa shape index (κ1) is 9.87. The molecule has 74 valence electrons. The molecule has 14 heavy (non-hydrogen) atoms. The highest BCUT2D eigenvalue weighted by molar-refractivity contribution is 9.10. The second-order valence-electron chi connectivity index (χ2n) is 3.64. The number of hydrogen-bond donors (Lipinski definition) is 0. The Morgan fingerprint density at radius 2 is 2.21 bits per heavy atom. The first-order chi connectivity index (χ1) is 6.65. The summed E-state index contributed by atoms with van der Waals surface area (Å²) >= 11 is 3.40. The van der Waals surface area contributed by atoms with Gasteiger partial charge in [-0.2, -0.15) is 0 Å². The van der Waals surface area contributed by atoms with E-state index >= 15 is 0 Å². The van der Waals surface area contributed by atoms with Crippen molar-refractivity contribution in [1.29, 1.82) is 0 Å². The first-order valence-corrected chi connectivity index (χ1v) is 5.29. The van der Waals surface area contributed by atoms with Gasteiger partial charge in [0.25, 0.3) is 0 Å². The summed E-state index contributed by atoms with van der Waals surface area (Å²) in [4.78, 5) is 11.6. The summed E-state index contributed by atoms with van der Waals surface area (Å²) in [6.45, 7) is 2.65. The number of halogens is 1. The predicted molar refractivity (Wildman–Crippen MR) is 57.3 cm³/mol. The number of ether oxygens (including phenoxy) is 1. The van der Waals surface area contributed by atoms with E-state index in [1.54, 1.807) is 6.92 Å². The molecule has 2 nitrogen and oxygen atoms in total. The van der Waals surface area contributed by atoms with Crippen LogP contribution in [0, 0.1) is 0 Å². The third kappa shape index (κ3) is 1.41. The summed E-state index contributed by atoms with van der Waals surface area (Å²) < 4.78 is 6.16. The van der Waals surface area contributed by atoms with Gasteiger partial charge in [0, 0.05) is 4.47 Å². The molecule has 0 aromatic heterocycles. The van der Waals surface area contributed by atoms with E-state index in [1.165, 1.54) is 0 Å². The average molecular weight is 255 g/mol. The zero-order chi connectivity index (χ0) is 10.2. The molecule has 1 fully saturated rings. The molecule has 0 radical (unpaired) electrons. The van der Waals surface area contributed by atoms with E-state index in [0.717, 1.165) is 10.0 Å². The van der Waals surface area contributed by atoms with E-state index in [2.05, 4.69) is 15.9 Å². The van der Waals surface area contributed by atoms with E-state index < -0.39 is 0 Å². The van der Waals surface area contributed by atoms with Crippen molar-refractivity contribution < 1.29 is 9.53 Å². The van der Waals surface area contributed by atoms with Gasteiger partial charge in [0.15, 0.2) is 0 Å². The van der Waals surface area contributed by atoms with Crippen molar-refractivity contribution in [2.24, 2.45) is 0 Å². The molecule has 0 spiro atoms. The summed E-state index contributed by atoms with van der Waals surface area (Å²) in [6.07, 6.45) is 0. The molecule has 1 aliphatic heterocycles. The average Bonchev–Trinajstić information content (AvgIpc) is 2.00. The molecule has 1 aromatic rings. The van der Waals surface area contributed by atoms with Crippen LogP contribution >= 0.6 is 15.9 Å². The van der Waals surface area contributed by atoms with E-state index in [0.29, 0.717) is 13.2 Å². The molecule has 0 amide bonds. The van der Waals surface area contributed by atoms with Gasteiger partial charge < -0.3 is 4.74 Å². The molecule has 1 heterocycles. The van der Waals surface area contributed by atoms with Crippen LogP contribution in [0.4, 0.5) is 0 Å². The highest BCUT2D eigenvalue weighted by Crippen LogP contribution is 2.34. The van der Waals surface area contributed by atoms with Crippen molar-refractivity contribution >= 4 is 21.7 Å². The van der Waals surface area contributed by atoms with Crippen molar-refractivity contribution in [1.82, 2.24) is 0 Å². The lowest BCUT2D eigenvalue weighted by atomic mass is 9.75. The van der Waals surface area contributed by atoms with Gasteiger partial charge in [0.1, 0.15) is 11.2 Å². The Kier molecular flexibility index (Phi) is 2.45. The van der Waals surface area contributed by atoms with E-state index in [4.69, 9.17) is 4.74 Å². The lowest BCUT2D eigenvalue weighted by Crippen LogP contribution is -2.52. The topological polar surface area (TPSA) is 26.3 Å². The monoisotopic (exact) mass is 254 g/mol. The zero-order valence-electron chi connectivity index (χ0n) is 7.92. The van der Waals surface area contributed by atoms with Crippen LogP contribution in [-0.2, 0) is 14.9 Å². The van der Waals surface area contributed by atoms with Crippen LogP contribution in [0.25, 0.3) is 0 Å². The molecule has 0 aliphatic carbocycles. The molecule has 0 saturated carbocycles. The number of carbonyl (C=O) groups excluding carboxylic acids is 1. The van der Waals surface area contributed by atoms with Gasteiger partial charge in [-0.15, -0.1) is 0 Å². The maximum atomic E-state index is 11.6. The Balaban J connectivity index is 2.42. The minimum absolute atomic E-state index is 0.182.